The Morgan fingerprint density at radius 1 is 0.871 bits per heavy atom. The molecule has 0 spiro atoms. The molecule has 0 unspecified atom stereocenters. The molecule has 0 atom stereocenters. The maximum atomic E-state index is 13.4. The number of carbonyl (C=O) groups is 1. The van der Waals surface area contributed by atoms with Gasteiger partial charge in [-0.3, -0.25) is 9.10 Å². The Balaban J connectivity index is 1.85. The number of nitrogens with zero attached hydrogens (tertiary/aromatic N) is 1. The van der Waals surface area contributed by atoms with Gasteiger partial charge in [0.1, 0.15) is 18.0 Å². The number of ether oxygens (including phenoxy) is 2. The molecule has 31 heavy (non-hydrogen) atoms. The van der Waals surface area contributed by atoms with Gasteiger partial charge in [-0.1, -0.05) is 42.5 Å². The molecule has 0 aromatic heterocycles. The largest absolute Gasteiger partial charge is 0.497 e. The molecule has 1 amide bonds. The van der Waals surface area contributed by atoms with Crippen molar-refractivity contribution in [3.8, 4) is 11.5 Å². The monoisotopic (exact) mass is 440 g/mol. The van der Waals surface area contributed by atoms with Gasteiger partial charge in [0, 0.05) is 6.54 Å². The third kappa shape index (κ3) is 5.35. The Morgan fingerprint density at radius 2 is 1.52 bits per heavy atom. The summed E-state index contributed by atoms with van der Waals surface area (Å²) in [5, 5.41) is 2.77. The van der Waals surface area contributed by atoms with Crippen LogP contribution in [-0.4, -0.2) is 35.1 Å². The highest BCUT2D eigenvalue weighted by Gasteiger charge is 2.29. The highest BCUT2D eigenvalue weighted by Crippen LogP contribution is 2.32. The van der Waals surface area contributed by atoms with E-state index in [2.05, 4.69) is 5.32 Å². The smallest absolute Gasteiger partial charge is 0.264 e. The molecule has 0 aliphatic rings. The van der Waals surface area contributed by atoms with Gasteiger partial charge in [0.05, 0.1) is 24.8 Å². The fourth-order valence-corrected chi connectivity index (χ4v) is 4.44. The van der Waals surface area contributed by atoms with Crippen molar-refractivity contribution < 1.29 is 22.7 Å². The SMILES string of the molecule is COc1ccc(CNC(=O)CN(c2ccccc2OC)S(=O)(=O)c2ccccc2)cc1. The highest BCUT2D eigenvalue weighted by molar-refractivity contribution is 7.92. The first-order valence-corrected chi connectivity index (χ1v) is 11.0. The average Bonchev–Trinajstić information content (AvgIpc) is 2.82. The van der Waals surface area contributed by atoms with Crippen LogP contribution in [0, 0.1) is 0 Å². The lowest BCUT2D eigenvalue weighted by atomic mass is 10.2. The number of methoxy groups -OCH3 is 2. The van der Waals surface area contributed by atoms with E-state index in [9.17, 15) is 13.2 Å². The van der Waals surface area contributed by atoms with Gasteiger partial charge in [-0.15, -0.1) is 0 Å². The number of para-hydroxylation sites is 2. The van der Waals surface area contributed by atoms with Crippen LogP contribution in [-0.2, 0) is 21.4 Å². The molecule has 0 saturated carbocycles. The Hall–Kier alpha value is -3.52. The molecular weight excluding hydrogens is 416 g/mol. The number of hydrogen-bond acceptors (Lipinski definition) is 5. The van der Waals surface area contributed by atoms with Crippen LogP contribution in [0.2, 0.25) is 0 Å². The van der Waals surface area contributed by atoms with Crippen LogP contribution < -0.4 is 19.1 Å². The number of amides is 1. The van der Waals surface area contributed by atoms with Gasteiger partial charge < -0.3 is 14.8 Å². The highest BCUT2D eigenvalue weighted by atomic mass is 32.2. The molecule has 162 valence electrons. The zero-order valence-electron chi connectivity index (χ0n) is 17.3. The fraction of sp³-hybridized carbons (Fsp3) is 0.174. The van der Waals surface area contributed by atoms with Gasteiger partial charge in [-0.05, 0) is 42.0 Å². The summed E-state index contributed by atoms with van der Waals surface area (Å²) in [7, 11) is -0.964. The molecule has 0 saturated heterocycles. The average molecular weight is 441 g/mol. The van der Waals surface area contributed by atoms with Gasteiger partial charge in [0.2, 0.25) is 5.91 Å². The lowest BCUT2D eigenvalue weighted by Crippen LogP contribution is -2.40. The first-order chi connectivity index (χ1) is 15.0. The zero-order chi connectivity index (χ0) is 22.3. The summed E-state index contributed by atoms with van der Waals surface area (Å²) in [6.45, 7) is -0.137. The molecule has 0 bridgehead atoms. The lowest BCUT2D eigenvalue weighted by molar-refractivity contribution is -0.119. The standard InChI is InChI=1S/C23H24N2O5S/c1-29-19-14-12-18(13-15-19)16-24-23(26)17-25(21-10-6-7-11-22(21)30-2)31(27,28)20-8-4-3-5-9-20/h3-15H,16-17H2,1-2H3,(H,24,26). The number of benzene rings is 3. The Labute approximate surface area is 182 Å². The second kappa shape index (κ2) is 9.99. The molecule has 3 aromatic rings. The van der Waals surface area contributed by atoms with E-state index in [1.807, 2.05) is 12.1 Å². The van der Waals surface area contributed by atoms with Crippen molar-refractivity contribution in [2.45, 2.75) is 11.4 Å². The van der Waals surface area contributed by atoms with Gasteiger partial charge in [0.15, 0.2) is 0 Å². The molecule has 8 heteroatoms. The number of nitrogens with one attached hydrogen (secondary N) is 1. The maximum absolute atomic E-state index is 13.4. The molecule has 0 aliphatic carbocycles. The fourth-order valence-electron chi connectivity index (χ4n) is 2.99. The predicted molar refractivity (Wildman–Crippen MR) is 119 cm³/mol. The predicted octanol–water partition coefficient (Wildman–Crippen LogP) is 3.22. The molecule has 0 fully saturated rings. The summed E-state index contributed by atoms with van der Waals surface area (Å²) in [5.74, 6) is 0.623. The summed E-state index contributed by atoms with van der Waals surface area (Å²) in [6.07, 6.45) is 0. The summed E-state index contributed by atoms with van der Waals surface area (Å²) in [5.41, 5.74) is 1.15. The molecule has 1 N–H and O–H groups in total. The summed E-state index contributed by atoms with van der Waals surface area (Å²) >= 11 is 0. The van der Waals surface area contributed by atoms with Gasteiger partial charge >= 0.3 is 0 Å². The first-order valence-electron chi connectivity index (χ1n) is 9.56. The molecule has 3 rings (SSSR count). The van der Waals surface area contributed by atoms with Crippen molar-refractivity contribution in [1.29, 1.82) is 0 Å². The minimum Gasteiger partial charge on any atom is -0.497 e. The number of rotatable bonds is 9. The van der Waals surface area contributed by atoms with Crippen LogP contribution in [0.5, 0.6) is 11.5 Å². The second-order valence-corrected chi connectivity index (χ2v) is 8.48. The first kappa shape index (κ1) is 22.2. The molecule has 0 heterocycles. The number of anilines is 1. The van der Waals surface area contributed by atoms with E-state index in [4.69, 9.17) is 9.47 Å². The lowest BCUT2D eigenvalue weighted by Gasteiger charge is -2.25. The van der Waals surface area contributed by atoms with E-state index in [1.165, 1.54) is 19.2 Å². The van der Waals surface area contributed by atoms with Crippen molar-refractivity contribution in [3.63, 3.8) is 0 Å². The van der Waals surface area contributed by atoms with Crippen LogP contribution >= 0.6 is 0 Å². The van der Waals surface area contributed by atoms with Gasteiger partial charge in [-0.2, -0.15) is 0 Å². The molecule has 7 nitrogen and oxygen atoms in total. The number of hydrogen-bond donors (Lipinski definition) is 1. The summed E-state index contributed by atoms with van der Waals surface area (Å²) < 4.78 is 38.2. The normalized spacial score (nSPS) is 10.9. The van der Waals surface area contributed by atoms with Crippen molar-refractivity contribution in [1.82, 2.24) is 5.32 Å². The summed E-state index contributed by atoms with van der Waals surface area (Å²) in [4.78, 5) is 12.8. The molecule has 0 radical (unpaired) electrons. The second-order valence-electron chi connectivity index (χ2n) is 6.62. The molecule has 0 aliphatic heterocycles. The zero-order valence-corrected chi connectivity index (χ0v) is 18.1. The van der Waals surface area contributed by atoms with E-state index in [0.717, 1.165) is 9.87 Å². The maximum Gasteiger partial charge on any atom is 0.264 e. The van der Waals surface area contributed by atoms with Crippen molar-refractivity contribution in [3.05, 3.63) is 84.4 Å². The van der Waals surface area contributed by atoms with Crippen LogP contribution in [0.15, 0.2) is 83.8 Å². The third-order valence-electron chi connectivity index (χ3n) is 4.62. The number of carbonyl (C=O) groups excluding carboxylic acids is 1. The molecule has 3 aromatic carbocycles. The molecular formula is C23H24N2O5S. The van der Waals surface area contributed by atoms with E-state index in [1.54, 1.807) is 61.7 Å². The Morgan fingerprint density at radius 3 is 2.16 bits per heavy atom. The minimum atomic E-state index is -4.00. The van der Waals surface area contributed by atoms with Gasteiger partial charge in [-0.25, -0.2) is 8.42 Å². The van der Waals surface area contributed by atoms with Crippen molar-refractivity contribution in [2.75, 3.05) is 25.1 Å². The van der Waals surface area contributed by atoms with E-state index >= 15 is 0 Å². The Kier molecular flexibility index (Phi) is 7.15. The van der Waals surface area contributed by atoms with E-state index in [-0.39, 0.29) is 17.1 Å². The minimum absolute atomic E-state index is 0.0869. The van der Waals surface area contributed by atoms with Gasteiger partial charge in [0.25, 0.3) is 10.0 Å². The van der Waals surface area contributed by atoms with E-state index in [0.29, 0.717) is 11.5 Å². The van der Waals surface area contributed by atoms with Crippen LogP contribution in [0.25, 0.3) is 0 Å². The topological polar surface area (TPSA) is 84.9 Å². The van der Waals surface area contributed by atoms with Crippen LogP contribution in [0.4, 0.5) is 5.69 Å². The third-order valence-corrected chi connectivity index (χ3v) is 6.39. The van der Waals surface area contributed by atoms with E-state index < -0.39 is 22.5 Å². The van der Waals surface area contributed by atoms with Crippen molar-refractivity contribution >= 4 is 21.6 Å². The van der Waals surface area contributed by atoms with Crippen molar-refractivity contribution in [2.24, 2.45) is 0 Å². The Bertz CT molecular complexity index is 1120. The quantitative estimate of drug-likeness (QED) is 0.552. The van der Waals surface area contributed by atoms with Crippen LogP contribution in [0.3, 0.4) is 0 Å². The van der Waals surface area contributed by atoms with Crippen LogP contribution in [0.1, 0.15) is 5.56 Å². The number of sulfonamides is 1. The summed E-state index contributed by atoms with van der Waals surface area (Å²) in [6, 6.07) is 21.9.